The zero-order chi connectivity index (χ0) is 23.4. The Kier molecular flexibility index (Phi) is 4.60. The van der Waals surface area contributed by atoms with E-state index in [0.717, 1.165) is 0 Å². The third-order valence-corrected chi connectivity index (χ3v) is 7.78. The second-order valence-corrected chi connectivity index (χ2v) is 9.74. The molecule has 2 aliphatic rings. The van der Waals surface area contributed by atoms with Crippen LogP contribution in [0.5, 0.6) is 0 Å². The lowest BCUT2D eigenvalue weighted by atomic mass is 9.68. The van der Waals surface area contributed by atoms with Gasteiger partial charge in [0.25, 0.3) is 0 Å². The van der Waals surface area contributed by atoms with Crippen LogP contribution in [0.3, 0.4) is 0 Å². The van der Waals surface area contributed by atoms with E-state index in [2.05, 4.69) is 134 Å². The summed E-state index contributed by atoms with van der Waals surface area (Å²) in [6, 6.07) is 39.8. The molecule has 0 aromatic heterocycles. The highest BCUT2D eigenvalue weighted by Crippen LogP contribution is 2.52. The molecule has 0 bridgehead atoms. The second kappa shape index (κ2) is 7.96. The summed E-state index contributed by atoms with van der Waals surface area (Å²) in [7, 11) is 0. The van der Waals surface area contributed by atoms with E-state index in [1.807, 2.05) is 0 Å². The maximum atomic E-state index is 2.47. The fraction of sp³-hybridized carbons (Fsp3) is 0.0857. The molecule has 166 valence electrons. The molecule has 0 saturated carbocycles. The SMILES string of the molecule is CC1=CC(c2ccccc2)C2C=Cc3c(-c4ccccc4)cc(-c4ccccc4)c4ccc1c2c34. The molecule has 0 N–H and O–H groups in total. The minimum Gasteiger partial charge on any atom is -0.0754 e. The first kappa shape index (κ1) is 20.2. The maximum absolute atomic E-state index is 2.47. The highest BCUT2D eigenvalue weighted by molar-refractivity contribution is 6.10. The molecule has 0 amide bonds. The minimum absolute atomic E-state index is 0.335. The molecule has 2 aliphatic carbocycles. The third-order valence-electron chi connectivity index (χ3n) is 7.78. The Hall–Kier alpha value is -4.16. The lowest BCUT2D eigenvalue weighted by Gasteiger charge is -2.35. The minimum atomic E-state index is 0.335. The van der Waals surface area contributed by atoms with Crippen molar-refractivity contribution in [2.75, 3.05) is 0 Å². The molecule has 0 heterocycles. The lowest BCUT2D eigenvalue weighted by molar-refractivity contribution is 0.731. The molecule has 0 fully saturated rings. The second-order valence-electron chi connectivity index (χ2n) is 9.74. The molecule has 2 unspecified atom stereocenters. The van der Waals surface area contributed by atoms with Gasteiger partial charge in [-0.15, -0.1) is 0 Å². The zero-order valence-electron chi connectivity index (χ0n) is 19.8. The largest absolute Gasteiger partial charge is 0.0754 e. The van der Waals surface area contributed by atoms with Crippen molar-refractivity contribution in [2.45, 2.75) is 18.8 Å². The number of allylic oxidation sites excluding steroid dienone is 3. The van der Waals surface area contributed by atoms with Crippen molar-refractivity contribution in [1.29, 1.82) is 0 Å². The molecule has 0 radical (unpaired) electrons. The van der Waals surface area contributed by atoms with Crippen LogP contribution < -0.4 is 0 Å². The first-order valence-electron chi connectivity index (χ1n) is 12.5. The maximum Gasteiger partial charge on any atom is 0.0137 e. The molecule has 0 saturated heterocycles. The average Bonchev–Trinajstić information content (AvgIpc) is 2.93. The van der Waals surface area contributed by atoms with Crippen LogP contribution in [0.2, 0.25) is 0 Å². The van der Waals surface area contributed by atoms with Crippen molar-refractivity contribution in [1.82, 2.24) is 0 Å². The number of hydrogen-bond acceptors (Lipinski definition) is 0. The van der Waals surface area contributed by atoms with Crippen LogP contribution in [0.1, 0.15) is 41.0 Å². The fourth-order valence-electron chi connectivity index (χ4n) is 6.18. The topological polar surface area (TPSA) is 0 Å². The van der Waals surface area contributed by atoms with Crippen LogP contribution in [0, 0.1) is 0 Å². The third kappa shape index (κ3) is 3.14. The van der Waals surface area contributed by atoms with Gasteiger partial charge in [0.05, 0.1) is 0 Å². The van der Waals surface area contributed by atoms with Gasteiger partial charge >= 0.3 is 0 Å². The predicted octanol–water partition coefficient (Wildman–Crippen LogP) is 9.48. The smallest absolute Gasteiger partial charge is 0.0137 e. The molecule has 35 heavy (non-hydrogen) atoms. The Balaban J connectivity index is 1.58. The number of rotatable bonds is 3. The molecule has 0 nitrogen and oxygen atoms in total. The summed E-state index contributed by atoms with van der Waals surface area (Å²) in [4.78, 5) is 0. The van der Waals surface area contributed by atoms with Crippen LogP contribution in [-0.2, 0) is 0 Å². The van der Waals surface area contributed by atoms with E-state index in [0.29, 0.717) is 11.8 Å². The molecule has 0 spiro atoms. The average molecular weight is 447 g/mol. The highest BCUT2D eigenvalue weighted by Gasteiger charge is 2.33. The van der Waals surface area contributed by atoms with Crippen LogP contribution in [0.25, 0.3) is 44.7 Å². The van der Waals surface area contributed by atoms with Crippen molar-refractivity contribution in [3.05, 3.63) is 144 Å². The number of benzene rings is 5. The Labute approximate surface area is 206 Å². The van der Waals surface area contributed by atoms with Gasteiger partial charge in [-0.25, -0.2) is 0 Å². The zero-order valence-corrected chi connectivity index (χ0v) is 19.8. The highest BCUT2D eigenvalue weighted by atomic mass is 14.4. The number of hydrogen-bond donors (Lipinski definition) is 0. The molecular weight excluding hydrogens is 420 g/mol. The fourth-order valence-corrected chi connectivity index (χ4v) is 6.18. The van der Waals surface area contributed by atoms with E-state index >= 15 is 0 Å². The van der Waals surface area contributed by atoms with Gasteiger partial charge in [0.1, 0.15) is 0 Å². The van der Waals surface area contributed by atoms with Gasteiger partial charge in [0, 0.05) is 11.8 Å². The standard InChI is InChI=1S/C35H26/c1-23-21-31(24-11-5-2-6-12-24)28-19-20-30-33(26-15-9-4-10-16-26)22-32(25-13-7-3-8-14-25)29-18-17-27(23)34(28)35(29)30/h2-22,28,31H,1H3. The molecular formula is C35H26. The summed E-state index contributed by atoms with van der Waals surface area (Å²) in [6.07, 6.45) is 7.32. The summed E-state index contributed by atoms with van der Waals surface area (Å²) in [5, 5.41) is 2.77. The van der Waals surface area contributed by atoms with Crippen molar-refractivity contribution < 1.29 is 0 Å². The van der Waals surface area contributed by atoms with E-state index in [1.54, 1.807) is 0 Å². The van der Waals surface area contributed by atoms with Crippen LogP contribution in [0.15, 0.2) is 121 Å². The van der Waals surface area contributed by atoms with Crippen molar-refractivity contribution in [2.24, 2.45) is 0 Å². The molecule has 0 aliphatic heterocycles. The summed E-state index contributed by atoms with van der Waals surface area (Å²) in [5.74, 6) is 0.682. The predicted molar refractivity (Wildman–Crippen MR) is 149 cm³/mol. The van der Waals surface area contributed by atoms with E-state index in [4.69, 9.17) is 0 Å². The van der Waals surface area contributed by atoms with Gasteiger partial charge in [-0.2, -0.15) is 0 Å². The lowest BCUT2D eigenvalue weighted by Crippen LogP contribution is -2.17. The summed E-state index contributed by atoms with van der Waals surface area (Å²) < 4.78 is 0. The van der Waals surface area contributed by atoms with Crippen LogP contribution >= 0.6 is 0 Å². The van der Waals surface area contributed by atoms with Crippen LogP contribution in [0.4, 0.5) is 0 Å². The van der Waals surface area contributed by atoms with E-state index in [1.165, 1.54) is 60.9 Å². The normalized spacial score (nSPS) is 17.9. The van der Waals surface area contributed by atoms with Gasteiger partial charge in [0.2, 0.25) is 0 Å². The van der Waals surface area contributed by atoms with Crippen LogP contribution in [-0.4, -0.2) is 0 Å². The quantitative estimate of drug-likeness (QED) is 0.259. The first-order valence-corrected chi connectivity index (χ1v) is 12.5. The summed E-state index contributed by atoms with van der Waals surface area (Å²) in [5.41, 5.74) is 12.1. The Morgan fingerprint density at radius 1 is 0.571 bits per heavy atom. The van der Waals surface area contributed by atoms with Crippen molar-refractivity contribution >= 4 is 22.4 Å². The van der Waals surface area contributed by atoms with Gasteiger partial charge in [0.15, 0.2) is 0 Å². The van der Waals surface area contributed by atoms with E-state index in [9.17, 15) is 0 Å². The Morgan fingerprint density at radius 3 is 1.89 bits per heavy atom. The molecule has 5 aromatic rings. The van der Waals surface area contributed by atoms with E-state index in [-0.39, 0.29) is 0 Å². The molecule has 2 atom stereocenters. The molecule has 5 aromatic carbocycles. The summed E-state index contributed by atoms with van der Waals surface area (Å²) in [6.45, 7) is 2.28. The molecule has 7 rings (SSSR count). The van der Waals surface area contributed by atoms with E-state index < -0.39 is 0 Å². The van der Waals surface area contributed by atoms with Gasteiger partial charge in [-0.1, -0.05) is 121 Å². The van der Waals surface area contributed by atoms with Crippen molar-refractivity contribution in [3.8, 4) is 22.3 Å². The van der Waals surface area contributed by atoms with Gasteiger partial charge < -0.3 is 0 Å². The van der Waals surface area contributed by atoms with Crippen molar-refractivity contribution in [3.63, 3.8) is 0 Å². The van der Waals surface area contributed by atoms with Gasteiger partial charge in [-0.3, -0.25) is 0 Å². The monoisotopic (exact) mass is 446 g/mol. The molecule has 0 heteroatoms. The first-order chi connectivity index (χ1) is 17.3. The van der Waals surface area contributed by atoms with Gasteiger partial charge in [-0.05, 0) is 73.8 Å². The Bertz CT molecular complexity index is 1620. The summed E-state index contributed by atoms with van der Waals surface area (Å²) >= 11 is 0. The Morgan fingerprint density at radius 2 is 1.20 bits per heavy atom.